The van der Waals surface area contributed by atoms with Crippen molar-refractivity contribution in [2.75, 3.05) is 11.6 Å². The van der Waals surface area contributed by atoms with Crippen molar-refractivity contribution in [1.82, 2.24) is 5.32 Å². The van der Waals surface area contributed by atoms with Gasteiger partial charge in [0.05, 0.1) is 10.6 Å². The predicted molar refractivity (Wildman–Crippen MR) is 95.1 cm³/mol. The summed E-state index contributed by atoms with van der Waals surface area (Å²) in [7, 11) is 0. The van der Waals surface area contributed by atoms with Gasteiger partial charge >= 0.3 is 6.09 Å². The van der Waals surface area contributed by atoms with Crippen molar-refractivity contribution in [2.24, 2.45) is 0 Å². The zero-order valence-electron chi connectivity index (χ0n) is 14.2. The van der Waals surface area contributed by atoms with E-state index in [1.54, 1.807) is 11.8 Å². The molecule has 0 spiro atoms. The summed E-state index contributed by atoms with van der Waals surface area (Å²) in [6.07, 6.45) is 1.54. The van der Waals surface area contributed by atoms with Gasteiger partial charge in [0, 0.05) is 5.69 Å². The topological polar surface area (TPSA) is 50.4 Å². The molecular weight excluding hydrogens is 296 g/mol. The summed E-state index contributed by atoms with van der Waals surface area (Å²) in [6, 6.07) is 7.89. The second-order valence-electron chi connectivity index (χ2n) is 6.58. The Morgan fingerprint density at radius 2 is 1.86 bits per heavy atom. The summed E-state index contributed by atoms with van der Waals surface area (Å²) in [5, 5.41) is 7.00. The Hall–Kier alpha value is -1.62. The molecule has 1 amide bonds. The van der Waals surface area contributed by atoms with Gasteiger partial charge in [0.15, 0.2) is 0 Å². The fraction of sp³-hybridized carbons (Fsp3) is 0.471. The van der Waals surface area contributed by atoms with E-state index in [4.69, 9.17) is 4.74 Å². The number of nitrogens with one attached hydrogen (secondary N) is 2. The highest BCUT2D eigenvalue weighted by Crippen LogP contribution is 2.25. The van der Waals surface area contributed by atoms with Crippen LogP contribution in [-0.2, 0) is 10.3 Å². The molecule has 1 aromatic carbocycles. The highest BCUT2D eigenvalue weighted by Gasteiger charge is 2.26. The second kappa shape index (κ2) is 7.09. The van der Waals surface area contributed by atoms with Crippen LogP contribution in [0.4, 0.5) is 10.5 Å². The smallest absolute Gasteiger partial charge is 0.408 e. The molecule has 1 rings (SSSR count). The molecule has 0 aliphatic rings. The molecule has 0 aliphatic heterocycles. The number of thioether (sulfide) groups is 1. The molecule has 1 aromatic rings. The van der Waals surface area contributed by atoms with Gasteiger partial charge in [-0.15, -0.1) is 11.8 Å². The largest absolute Gasteiger partial charge is 0.444 e. The summed E-state index contributed by atoms with van der Waals surface area (Å²) in [6.45, 7) is 13.3. The molecule has 0 saturated carbocycles. The summed E-state index contributed by atoms with van der Waals surface area (Å²) in [5.41, 5.74) is 0.869. The zero-order valence-corrected chi connectivity index (χ0v) is 15.1. The van der Waals surface area contributed by atoms with Crippen LogP contribution < -0.4 is 10.6 Å². The zero-order chi connectivity index (χ0) is 17.0. The Balaban J connectivity index is 2.86. The minimum atomic E-state index is -0.541. The fourth-order valence-electron chi connectivity index (χ4n) is 1.83. The van der Waals surface area contributed by atoms with Crippen LogP contribution in [0.5, 0.6) is 0 Å². The molecule has 0 fully saturated rings. The minimum Gasteiger partial charge on any atom is -0.444 e. The van der Waals surface area contributed by atoms with Crippen molar-refractivity contribution in [3.8, 4) is 0 Å². The highest BCUT2D eigenvalue weighted by atomic mass is 32.2. The van der Waals surface area contributed by atoms with Crippen molar-refractivity contribution in [1.29, 1.82) is 0 Å². The van der Waals surface area contributed by atoms with Crippen LogP contribution in [0.15, 0.2) is 35.9 Å². The van der Waals surface area contributed by atoms with E-state index >= 15 is 0 Å². The number of benzene rings is 1. The molecule has 0 aliphatic carbocycles. The Morgan fingerprint density at radius 3 is 2.41 bits per heavy atom. The first-order valence-electron chi connectivity index (χ1n) is 7.15. The molecule has 4 nitrogen and oxygen atoms in total. The van der Waals surface area contributed by atoms with Gasteiger partial charge in [-0.05, 0) is 58.6 Å². The number of ether oxygens (including phenoxy) is 1. The molecule has 0 saturated heterocycles. The van der Waals surface area contributed by atoms with Crippen LogP contribution in [-0.4, -0.2) is 18.0 Å². The molecule has 0 bridgehead atoms. The normalized spacial score (nSPS) is 11.7. The maximum Gasteiger partial charge on any atom is 0.408 e. The number of anilines is 1. The van der Waals surface area contributed by atoms with E-state index < -0.39 is 17.2 Å². The van der Waals surface area contributed by atoms with E-state index in [9.17, 15) is 4.79 Å². The lowest BCUT2D eigenvalue weighted by Gasteiger charge is -2.29. The maximum absolute atomic E-state index is 12.0. The highest BCUT2D eigenvalue weighted by molar-refractivity contribution is 8.02. The Bertz CT molecular complexity index is 548. The molecule has 0 radical (unpaired) electrons. The molecule has 22 heavy (non-hydrogen) atoms. The number of hydrogen-bond donors (Lipinski definition) is 2. The molecule has 2 N–H and O–H groups in total. The third-order valence-corrected chi connectivity index (χ3v) is 3.52. The van der Waals surface area contributed by atoms with E-state index in [1.165, 1.54) is 0 Å². The lowest BCUT2D eigenvalue weighted by Crippen LogP contribution is -2.43. The number of amides is 1. The number of alkyl carbamates (subject to hydrolysis) is 1. The average Bonchev–Trinajstić information content (AvgIpc) is 2.35. The van der Waals surface area contributed by atoms with Crippen molar-refractivity contribution in [3.05, 3.63) is 41.4 Å². The fourth-order valence-corrected chi connectivity index (χ4v) is 2.05. The van der Waals surface area contributed by atoms with Crippen LogP contribution in [0.3, 0.4) is 0 Å². The summed E-state index contributed by atoms with van der Waals surface area (Å²) in [5.74, 6) is 0. The predicted octanol–water partition coefficient (Wildman–Crippen LogP) is 4.69. The Labute approximate surface area is 137 Å². The molecule has 0 aromatic heterocycles. The Morgan fingerprint density at radius 1 is 1.23 bits per heavy atom. The van der Waals surface area contributed by atoms with Crippen LogP contribution in [0.25, 0.3) is 0 Å². The van der Waals surface area contributed by atoms with Gasteiger partial charge in [0.2, 0.25) is 0 Å². The number of carbonyl (C=O) groups excluding carboxylic acids is 1. The van der Waals surface area contributed by atoms with Crippen molar-refractivity contribution < 1.29 is 9.53 Å². The van der Waals surface area contributed by atoms with Gasteiger partial charge < -0.3 is 15.4 Å². The third-order valence-electron chi connectivity index (χ3n) is 2.93. The Kier molecular flexibility index (Phi) is 5.94. The molecule has 0 unspecified atom stereocenters. The standard InChI is InChI=1S/C17H26N2O2S/c1-12(22-7)18-14-10-8-9-13(11-14)17(5,6)19-15(20)21-16(2,3)4/h8-11,18H,1H2,2-7H3,(H,19,20). The number of carbonyl (C=O) groups is 1. The van der Waals surface area contributed by atoms with Crippen LogP contribution in [0.2, 0.25) is 0 Å². The van der Waals surface area contributed by atoms with E-state index in [0.717, 1.165) is 16.3 Å². The molecule has 5 heteroatoms. The summed E-state index contributed by atoms with van der Waals surface area (Å²) >= 11 is 1.55. The quantitative estimate of drug-likeness (QED) is 0.825. The van der Waals surface area contributed by atoms with E-state index in [2.05, 4.69) is 17.2 Å². The second-order valence-corrected chi connectivity index (χ2v) is 7.49. The van der Waals surface area contributed by atoms with Gasteiger partial charge in [-0.25, -0.2) is 4.79 Å². The minimum absolute atomic E-state index is 0.426. The maximum atomic E-state index is 12.0. The lowest BCUT2D eigenvalue weighted by atomic mass is 9.94. The SMILES string of the molecule is C=C(Nc1cccc(C(C)(C)NC(=O)OC(C)(C)C)c1)SC. The first-order chi connectivity index (χ1) is 10.0. The van der Waals surface area contributed by atoms with E-state index in [0.29, 0.717) is 0 Å². The monoisotopic (exact) mass is 322 g/mol. The van der Waals surface area contributed by atoms with Crippen molar-refractivity contribution in [3.63, 3.8) is 0 Å². The van der Waals surface area contributed by atoms with Gasteiger partial charge in [-0.1, -0.05) is 18.7 Å². The molecule has 0 atom stereocenters. The summed E-state index contributed by atoms with van der Waals surface area (Å²) < 4.78 is 5.32. The number of rotatable bonds is 5. The van der Waals surface area contributed by atoms with E-state index in [1.807, 2.05) is 65.1 Å². The van der Waals surface area contributed by atoms with E-state index in [-0.39, 0.29) is 0 Å². The molecular formula is C17H26N2O2S. The van der Waals surface area contributed by atoms with Gasteiger partial charge in [0.1, 0.15) is 5.60 Å². The van der Waals surface area contributed by atoms with Crippen LogP contribution in [0.1, 0.15) is 40.2 Å². The van der Waals surface area contributed by atoms with Gasteiger partial charge in [-0.3, -0.25) is 0 Å². The average molecular weight is 322 g/mol. The third kappa shape index (κ3) is 6.02. The molecule has 0 heterocycles. The summed E-state index contributed by atoms with van der Waals surface area (Å²) in [4.78, 5) is 12.0. The van der Waals surface area contributed by atoms with Gasteiger partial charge in [-0.2, -0.15) is 0 Å². The van der Waals surface area contributed by atoms with Crippen molar-refractivity contribution >= 4 is 23.5 Å². The van der Waals surface area contributed by atoms with Gasteiger partial charge in [0.25, 0.3) is 0 Å². The first kappa shape index (κ1) is 18.4. The van der Waals surface area contributed by atoms with Crippen molar-refractivity contribution in [2.45, 2.75) is 45.8 Å². The van der Waals surface area contributed by atoms with Crippen LogP contribution >= 0.6 is 11.8 Å². The first-order valence-corrected chi connectivity index (χ1v) is 8.37. The lowest BCUT2D eigenvalue weighted by molar-refractivity contribution is 0.0470. The van der Waals surface area contributed by atoms with Crippen LogP contribution in [0, 0.1) is 0 Å². The number of hydrogen-bond acceptors (Lipinski definition) is 4. The molecule has 122 valence electrons.